The van der Waals surface area contributed by atoms with Crippen molar-refractivity contribution in [2.75, 3.05) is 0 Å². The molecule has 1 unspecified atom stereocenters. The summed E-state index contributed by atoms with van der Waals surface area (Å²) in [6.07, 6.45) is 0. The normalized spacial score (nSPS) is 13.0. The lowest BCUT2D eigenvalue weighted by Crippen LogP contribution is -1.94. The van der Waals surface area contributed by atoms with E-state index in [0.717, 1.165) is 6.07 Å². The van der Waals surface area contributed by atoms with Gasteiger partial charge in [0, 0.05) is 0 Å². The highest BCUT2D eigenvalue weighted by molar-refractivity contribution is 7.79. The molecule has 5 heteroatoms. The topological polar surface area (TPSA) is 53.0 Å². The van der Waals surface area contributed by atoms with Gasteiger partial charge in [-0.15, -0.1) is 0 Å². The third-order valence-corrected chi connectivity index (χ3v) is 1.43. The third-order valence-electron chi connectivity index (χ3n) is 0.860. The lowest BCUT2D eigenvalue weighted by atomic mass is 10.5. The van der Waals surface area contributed by atoms with E-state index < -0.39 is 17.0 Å². The standard InChI is InChI=1S/C5H4FNO2S/c6-4-2-1-3-5(7-4)10(8)9/h1-3H,(H,8,9)/p-1. The Morgan fingerprint density at radius 1 is 1.60 bits per heavy atom. The molecule has 0 spiro atoms. The van der Waals surface area contributed by atoms with Crippen LogP contribution in [-0.2, 0) is 11.1 Å². The SMILES string of the molecule is O=S([O-])c1cccc(F)n1. The molecule has 10 heavy (non-hydrogen) atoms. The number of aromatic nitrogens is 1. The smallest absolute Gasteiger partial charge is 0.213 e. The molecular formula is C5H3FNO2S-. The van der Waals surface area contributed by atoms with Crippen molar-refractivity contribution in [3.8, 4) is 0 Å². The molecule has 0 N–H and O–H groups in total. The third kappa shape index (κ3) is 1.58. The van der Waals surface area contributed by atoms with E-state index in [-0.39, 0.29) is 5.03 Å². The molecule has 1 rings (SSSR count). The molecule has 1 aromatic rings. The van der Waals surface area contributed by atoms with Crippen molar-refractivity contribution in [1.82, 2.24) is 4.98 Å². The maximum absolute atomic E-state index is 12.1. The van der Waals surface area contributed by atoms with Crippen LogP contribution in [0.5, 0.6) is 0 Å². The molecule has 54 valence electrons. The Morgan fingerprint density at radius 3 is 2.70 bits per heavy atom. The highest BCUT2D eigenvalue weighted by Crippen LogP contribution is 2.00. The Hall–Kier alpha value is -0.810. The molecule has 1 heterocycles. The van der Waals surface area contributed by atoms with Crippen LogP contribution in [0.15, 0.2) is 23.2 Å². The van der Waals surface area contributed by atoms with Gasteiger partial charge in [0.25, 0.3) is 0 Å². The van der Waals surface area contributed by atoms with Gasteiger partial charge in [-0.05, 0) is 23.2 Å². The molecule has 0 saturated carbocycles. The average molecular weight is 160 g/mol. The first-order chi connectivity index (χ1) is 4.70. The number of rotatable bonds is 1. The predicted molar refractivity (Wildman–Crippen MR) is 31.4 cm³/mol. The average Bonchev–Trinajstić information content (AvgIpc) is 1.88. The summed E-state index contributed by atoms with van der Waals surface area (Å²) >= 11 is -2.44. The van der Waals surface area contributed by atoms with Gasteiger partial charge in [0.05, 0.1) is 0 Å². The van der Waals surface area contributed by atoms with E-state index in [2.05, 4.69) is 4.98 Å². The number of halogens is 1. The molecule has 0 saturated heterocycles. The van der Waals surface area contributed by atoms with E-state index in [0.29, 0.717) is 0 Å². The summed E-state index contributed by atoms with van der Waals surface area (Å²) < 4.78 is 32.4. The first-order valence-corrected chi connectivity index (χ1v) is 3.49. The Bertz CT molecular complexity index is 266. The van der Waals surface area contributed by atoms with Gasteiger partial charge in [0.2, 0.25) is 5.95 Å². The van der Waals surface area contributed by atoms with Gasteiger partial charge in [0.1, 0.15) is 5.03 Å². The van der Waals surface area contributed by atoms with Gasteiger partial charge in [-0.25, -0.2) is 4.98 Å². The van der Waals surface area contributed by atoms with Crippen molar-refractivity contribution in [3.63, 3.8) is 0 Å². The number of hydrogen-bond donors (Lipinski definition) is 0. The van der Waals surface area contributed by atoms with Gasteiger partial charge in [-0.1, -0.05) is 6.07 Å². The molecular weight excluding hydrogens is 157 g/mol. The Labute approximate surface area is 59.2 Å². The lowest BCUT2D eigenvalue weighted by molar-refractivity contribution is 0.522. The van der Waals surface area contributed by atoms with E-state index in [9.17, 15) is 13.2 Å². The summed E-state index contributed by atoms with van der Waals surface area (Å²) in [7, 11) is 0. The predicted octanol–water partition coefficient (Wildman–Crippen LogP) is 0.459. The van der Waals surface area contributed by atoms with Gasteiger partial charge >= 0.3 is 0 Å². The van der Waals surface area contributed by atoms with Crippen LogP contribution in [-0.4, -0.2) is 13.7 Å². The molecule has 1 aromatic heterocycles. The van der Waals surface area contributed by atoms with Crippen LogP contribution in [0.1, 0.15) is 0 Å². The van der Waals surface area contributed by atoms with Crippen LogP contribution in [0.2, 0.25) is 0 Å². The number of pyridine rings is 1. The van der Waals surface area contributed by atoms with Crippen LogP contribution in [0.3, 0.4) is 0 Å². The van der Waals surface area contributed by atoms with E-state index >= 15 is 0 Å². The van der Waals surface area contributed by atoms with Crippen LogP contribution < -0.4 is 0 Å². The first-order valence-electron chi connectivity index (χ1n) is 2.42. The molecule has 0 aliphatic carbocycles. The van der Waals surface area contributed by atoms with Gasteiger partial charge < -0.3 is 4.55 Å². The Morgan fingerprint density at radius 2 is 2.30 bits per heavy atom. The molecule has 3 nitrogen and oxygen atoms in total. The molecule has 0 radical (unpaired) electrons. The summed E-state index contributed by atoms with van der Waals surface area (Å²) in [6, 6.07) is 3.58. The second-order valence-electron chi connectivity index (χ2n) is 1.53. The zero-order valence-electron chi connectivity index (χ0n) is 4.78. The van der Waals surface area contributed by atoms with Crippen molar-refractivity contribution < 1.29 is 13.2 Å². The minimum Gasteiger partial charge on any atom is -0.767 e. The summed E-state index contributed by atoms with van der Waals surface area (Å²) in [5.74, 6) is -0.790. The van der Waals surface area contributed by atoms with Crippen LogP contribution in [0.4, 0.5) is 4.39 Å². The largest absolute Gasteiger partial charge is 0.767 e. The minimum atomic E-state index is -2.44. The molecule has 0 amide bonds. The highest BCUT2D eigenvalue weighted by atomic mass is 32.2. The second-order valence-corrected chi connectivity index (χ2v) is 2.42. The fourth-order valence-electron chi connectivity index (χ4n) is 0.482. The summed E-state index contributed by atoms with van der Waals surface area (Å²) in [6.45, 7) is 0. The fourth-order valence-corrected chi connectivity index (χ4v) is 0.834. The Balaban J connectivity index is 3.07. The maximum atomic E-state index is 12.1. The molecule has 0 aromatic carbocycles. The summed E-state index contributed by atoms with van der Waals surface area (Å²) in [5.41, 5.74) is 0. The quantitative estimate of drug-likeness (QED) is 0.443. The maximum Gasteiger partial charge on any atom is 0.213 e. The monoisotopic (exact) mass is 160 g/mol. The molecule has 0 fully saturated rings. The van der Waals surface area contributed by atoms with Crippen LogP contribution in [0, 0.1) is 5.95 Å². The lowest BCUT2D eigenvalue weighted by Gasteiger charge is -2.01. The van der Waals surface area contributed by atoms with Crippen molar-refractivity contribution in [1.29, 1.82) is 0 Å². The first kappa shape index (κ1) is 7.30. The van der Waals surface area contributed by atoms with Crippen molar-refractivity contribution in [2.45, 2.75) is 5.03 Å². The van der Waals surface area contributed by atoms with E-state index in [1.54, 1.807) is 0 Å². The molecule has 0 aliphatic heterocycles. The number of nitrogens with zero attached hydrogens (tertiary/aromatic N) is 1. The van der Waals surface area contributed by atoms with Gasteiger partial charge in [-0.3, -0.25) is 4.21 Å². The Kier molecular flexibility index (Phi) is 2.08. The highest BCUT2D eigenvalue weighted by Gasteiger charge is 1.94. The van der Waals surface area contributed by atoms with Crippen molar-refractivity contribution in [3.05, 3.63) is 24.1 Å². The van der Waals surface area contributed by atoms with Gasteiger partial charge in [-0.2, -0.15) is 4.39 Å². The second kappa shape index (κ2) is 2.85. The van der Waals surface area contributed by atoms with E-state index in [1.165, 1.54) is 12.1 Å². The van der Waals surface area contributed by atoms with E-state index in [1.807, 2.05) is 0 Å². The zero-order valence-corrected chi connectivity index (χ0v) is 5.60. The summed E-state index contributed by atoms with van der Waals surface area (Å²) in [5, 5.41) is -0.278. The minimum absolute atomic E-state index is 0.278. The van der Waals surface area contributed by atoms with Crippen molar-refractivity contribution in [2.24, 2.45) is 0 Å². The molecule has 0 bridgehead atoms. The zero-order chi connectivity index (χ0) is 7.56. The van der Waals surface area contributed by atoms with Crippen molar-refractivity contribution >= 4 is 11.1 Å². The molecule has 0 aliphatic rings. The fraction of sp³-hybridized carbons (Fsp3) is 0. The summed E-state index contributed by atoms with van der Waals surface area (Å²) in [4.78, 5) is 3.09. The van der Waals surface area contributed by atoms with Gasteiger partial charge in [0.15, 0.2) is 0 Å². The number of hydrogen-bond acceptors (Lipinski definition) is 3. The molecule has 1 atom stereocenters. The van der Waals surface area contributed by atoms with Crippen LogP contribution in [0.25, 0.3) is 0 Å². The van der Waals surface area contributed by atoms with E-state index in [4.69, 9.17) is 0 Å². The van der Waals surface area contributed by atoms with Crippen LogP contribution >= 0.6 is 0 Å².